The Labute approximate surface area is 127 Å². The number of furan rings is 1. The number of carbonyl (C=O) groups is 1. The quantitative estimate of drug-likeness (QED) is 0.905. The van der Waals surface area contributed by atoms with Crippen LogP contribution < -0.4 is 5.32 Å². The molecular weight excluding hydrogens is 284 g/mol. The maximum atomic E-state index is 12.3. The second kappa shape index (κ2) is 5.57. The highest BCUT2D eigenvalue weighted by atomic mass is 16.5. The van der Waals surface area contributed by atoms with Gasteiger partial charge in [0.15, 0.2) is 5.76 Å². The van der Waals surface area contributed by atoms with Gasteiger partial charge in [-0.25, -0.2) is 0 Å². The van der Waals surface area contributed by atoms with Crippen LogP contribution in [0, 0.1) is 11.8 Å². The summed E-state index contributed by atoms with van der Waals surface area (Å²) in [6.07, 6.45) is 2.44. The van der Waals surface area contributed by atoms with E-state index in [1.165, 1.54) is 0 Å². The normalized spacial score (nSPS) is 23.9. The van der Waals surface area contributed by atoms with Crippen molar-refractivity contribution in [1.82, 2.24) is 20.4 Å². The minimum absolute atomic E-state index is 0.173. The molecule has 2 aliphatic heterocycles. The lowest BCUT2D eigenvalue weighted by molar-refractivity contribution is -0.130. The van der Waals surface area contributed by atoms with Gasteiger partial charge in [-0.3, -0.25) is 4.79 Å². The number of carbonyl (C=O) groups excluding carboxylic acids is 1. The molecule has 0 unspecified atom stereocenters. The molecule has 0 aromatic carbocycles. The van der Waals surface area contributed by atoms with E-state index in [2.05, 4.69) is 15.5 Å². The predicted octanol–water partition coefficient (Wildman–Crippen LogP) is 0.940. The minimum Gasteiger partial charge on any atom is -0.461 e. The van der Waals surface area contributed by atoms with E-state index in [1.54, 1.807) is 18.4 Å². The molecule has 0 aliphatic carbocycles. The van der Waals surface area contributed by atoms with Crippen molar-refractivity contribution in [1.29, 1.82) is 0 Å². The topological polar surface area (TPSA) is 84.4 Å². The third kappa shape index (κ3) is 2.52. The standard InChI is InChI=1S/C15H18N4O3/c20-14(19-8-10-6-16-7-11(10)9-19)4-3-13-17-15(18-22-13)12-2-1-5-21-12/h1-2,5,10-11,16H,3-4,6-9H2/t10-,11+. The molecule has 2 aliphatic rings. The SMILES string of the molecule is O=C(CCc1nc(-c2ccco2)no1)N1C[C@H]2CNC[C@H]2C1. The van der Waals surface area contributed by atoms with Gasteiger partial charge in [0, 0.05) is 39.0 Å². The van der Waals surface area contributed by atoms with Gasteiger partial charge in [-0.1, -0.05) is 5.16 Å². The number of hydrogen-bond acceptors (Lipinski definition) is 6. The number of aromatic nitrogens is 2. The Morgan fingerprint density at radius 3 is 2.91 bits per heavy atom. The third-order valence-corrected chi connectivity index (χ3v) is 4.50. The Bertz CT molecular complexity index is 640. The molecule has 22 heavy (non-hydrogen) atoms. The molecule has 2 atom stereocenters. The van der Waals surface area contributed by atoms with Crippen molar-refractivity contribution in [3.63, 3.8) is 0 Å². The zero-order valence-corrected chi connectivity index (χ0v) is 12.2. The summed E-state index contributed by atoms with van der Waals surface area (Å²) in [5.74, 6) is 2.89. The van der Waals surface area contributed by atoms with E-state index in [-0.39, 0.29) is 5.91 Å². The lowest BCUT2D eigenvalue weighted by Gasteiger charge is -2.16. The van der Waals surface area contributed by atoms with Crippen molar-refractivity contribution in [3.8, 4) is 11.6 Å². The lowest BCUT2D eigenvalue weighted by atomic mass is 10.0. The van der Waals surface area contributed by atoms with Crippen molar-refractivity contribution in [3.05, 3.63) is 24.3 Å². The van der Waals surface area contributed by atoms with E-state index in [0.717, 1.165) is 26.2 Å². The van der Waals surface area contributed by atoms with Crippen LogP contribution >= 0.6 is 0 Å². The second-order valence-corrected chi connectivity index (χ2v) is 5.97. The Morgan fingerprint density at radius 1 is 1.36 bits per heavy atom. The molecule has 0 radical (unpaired) electrons. The minimum atomic E-state index is 0.173. The van der Waals surface area contributed by atoms with E-state index in [4.69, 9.17) is 8.94 Å². The average Bonchev–Trinajstić information content (AvgIpc) is 3.26. The second-order valence-electron chi connectivity index (χ2n) is 5.97. The first-order chi connectivity index (χ1) is 10.8. The number of nitrogens with one attached hydrogen (secondary N) is 1. The van der Waals surface area contributed by atoms with Gasteiger partial charge in [0.25, 0.3) is 0 Å². The molecule has 2 aromatic heterocycles. The largest absolute Gasteiger partial charge is 0.461 e. The van der Waals surface area contributed by atoms with E-state index in [1.807, 2.05) is 4.90 Å². The summed E-state index contributed by atoms with van der Waals surface area (Å²) in [6, 6.07) is 3.55. The van der Waals surface area contributed by atoms with Gasteiger partial charge in [-0.05, 0) is 24.0 Å². The Morgan fingerprint density at radius 2 is 2.18 bits per heavy atom. The van der Waals surface area contributed by atoms with Gasteiger partial charge in [-0.15, -0.1) is 0 Å². The summed E-state index contributed by atoms with van der Waals surface area (Å²) in [4.78, 5) is 18.5. The molecule has 4 heterocycles. The van der Waals surface area contributed by atoms with Crippen LogP contribution in [0.1, 0.15) is 12.3 Å². The van der Waals surface area contributed by atoms with Crippen molar-refractivity contribution in [2.75, 3.05) is 26.2 Å². The van der Waals surface area contributed by atoms with Gasteiger partial charge in [-0.2, -0.15) is 4.98 Å². The number of fused-ring (bicyclic) bond motifs is 1. The summed E-state index contributed by atoms with van der Waals surface area (Å²) >= 11 is 0. The molecule has 7 heteroatoms. The molecule has 4 rings (SSSR count). The van der Waals surface area contributed by atoms with E-state index < -0.39 is 0 Å². The maximum absolute atomic E-state index is 12.3. The van der Waals surface area contributed by atoms with E-state index in [9.17, 15) is 4.79 Å². The number of rotatable bonds is 4. The van der Waals surface area contributed by atoms with Gasteiger partial charge in [0.2, 0.25) is 17.6 Å². The molecular formula is C15H18N4O3. The molecule has 0 saturated carbocycles. The smallest absolute Gasteiger partial charge is 0.238 e. The highest BCUT2D eigenvalue weighted by Gasteiger charge is 2.37. The molecule has 1 amide bonds. The number of nitrogens with zero attached hydrogens (tertiary/aromatic N) is 3. The summed E-state index contributed by atoms with van der Waals surface area (Å²) in [5, 5.41) is 7.25. The first kappa shape index (κ1) is 13.5. The number of hydrogen-bond donors (Lipinski definition) is 1. The average molecular weight is 302 g/mol. The van der Waals surface area contributed by atoms with Crippen molar-refractivity contribution < 1.29 is 13.7 Å². The Hall–Kier alpha value is -2.15. The van der Waals surface area contributed by atoms with Crippen LogP contribution in [0.25, 0.3) is 11.6 Å². The monoisotopic (exact) mass is 302 g/mol. The molecule has 0 bridgehead atoms. The lowest BCUT2D eigenvalue weighted by Crippen LogP contribution is -2.32. The number of aryl methyl sites for hydroxylation is 1. The Balaban J connectivity index is 1.32. The van der Waals surface area contributed by atoms with Crippen LogP contribution in [0.4, 0.5) is 0 Å². The number of amides is 1. The van der Waals surface area contributed by atoms with Gasteiger partial charge in [0.05, 0.1) is 6.26 Å². The highest BCUT2D eigenvalue weighted by Crippen LogP contribution is 2.26. The highest BCUT2D eigenvalue weighted by molar-refractivity contribution is 5.76. The van der Waals surface area contributed by atoms with Crippen molar-refractivity contribution >= 4 is 5.91 Å². The van der Waals surface area contributed by atoms with Gasteiger partial charge >= 0.3 is 0 Å². The summed E-state index contributed by atoms with van der Waals surface area (Å²) < 4.78 is 10.4. The van der Waals surface area contributed by atoms with Gasteiger partial charge in [0.1, 0.15) is 0 Å². The molecule has 2 saturated heterocycles. The molecule has 1 N–H and O–H groups in total. The molecule has 0 spiro atoms. The van der Waals surface area contributed by atoms with E-state index in [0.29, 0.717) is 42.2 Å². The fourth-order valence-electron chi connectivity index (χ4n) is 3.29. The Kier molecular flexibility index (Phi) is 3.42. The molecule has 2 fully saturated rings. The first-order valence-electron chi connectivity index (χ1n) is 7.64. The first-order valence-corrected chi connectivity index (χ1v) is 7.64. The van der Waals surface area contributed by atoms with Crippen LogP contribution in [-0.2, 0) is 11.2 Å². The van der Waals surface area contributed by atoms with Gasteiger partial charge < -0.3 is 19.2 Å². The van der Waals surface area contributed by atoms with Crippen LogP contribution in [0.2, 0.25) is 0 Å². The summed E-state index contributed by atoms with van der Waals surface area (Å²) in [7, 11) is 0. The van der Waals surface area contributed by atoms with Crippen LogP contribution in [0.15, 0.2) is 27.3 Å². The summed E-state index contributed by atoms with van der Waals surface area (Å²) in [5.41, 5.74) is 0. The van der Waals surface area contributed by atoms with Crippen LogP contribution in [0.5, 0.6) is 0 Å². The maximum Gasteiger partial charge on any atom is 0.238 e. The molecule has 7 nitrogen and oxygen atoms in total. The van der Waals surface area contributed by atoms with Crippen molar-refractivity contribution in [2.45, 2.75) is 12.8 Å². The fraction of sp³-hybridized carbons (Fsp3) is 0.533. The third-order valence-electron chi connectivity index (χ3n) is 4.50. The zero-order chi connectivity index (χ0) is 14.9. The zero-order valence-electron chi connectivity index (χ0n) is 12.2. The summed E-state index contributed by atoms with van der Waals surface area (Å²) in [6.45, 7) is 3.81. The van der Waals surface area contributed by atoms with Crippen LogP contribution in [0.3, 0.4) is 0 Å². The molecule has 116 valence electrons. The van der Waals surface area contributed by atoms with Crippen LogP contribution in [-0.4, -0.2) is 47.1 Å². The predicted molar refractivity (Wildman–Crippen MR) is 76.8 cm³/mol. The number of likely N-dealkylation sites (tertiary alicyclic amines) is 1. The van der Waals surface area contributed by atoms with Crippen molar-refractivity contribution in [2.24, 2.45) is 11.8 Å². The molecule has 2 aromatic rings. The van der Waals surface area contributed by atoms with E-state index >= 15 is 0 Å². The fourth-order valence-corrected chi connectivity index (χ4v) is 3.29.